The van der Waals surface area contributed by atoms with Gasteiger partial charge in [-0.15, -0.1) is 11.6 Å². The minimum atomic E-state index is -0.0175. The molecular formula is C13H13ClS. The predicted octanol–water partition coefficient (Wildman–Crippen LogP) is 4.69. The maximum Gasteiger partial charge on any atom is 0.0846 e. The van der Waals surface area contributed by atoms with Gasteiger partial charge in [-0.2, -0.15) is 11.3 Å². The summed E-state index contributed by atoms with van der Waals surface area (Å²) in [6.45, 7) is 4.21. The topological polar surface area (TPSA) is 0 Å². The molecule has 0 nitrogen and oxygen atoms in total. The molecule has 0 fully saturated rings. The summed E-state index contributed by atoms with van der Waals surface area (Å²) in [5.74, 6) is 0. The number of alkyl halides is 1. The second kappa shape index (κ2) is 4.38. The molecule has 1 aromatic carbocycles. The summed E-state index contributed by atoms with van der Waals surface area (Å²) in [7, 11) is 0. The molecule has 2 aromatic rings. The first-order valence-electron chi connectivity index (χ1n) is 4.92. The highest BCUT2D eigenvalue weighted by atomic mass is 35.5. The normalized spacial score (nSPS) is 12.7. The Kier molecular flexibility index (Phi) is 3.13. The summed E-state index contributed by atoms with van der Waals surface area (Å²) in [6.07, 6.45) is 0. The highest BCUT2D eigenvalue weighted by Crippen LogP contribution is 2.32. The van der Waals surface area contributed by atoms with Gasteiger partial charge in [-0.05, 0) is 47.4 Å². The Bertz CT molecular complexity index is 446. The van der Waals surface area contributed by atoms with E-state index in [0.717, 1.165) is 0 Å². The first-order chi connectivity index (χ1) is 7.18. The van der Waals surface area contributed by atoms with Crippen molar-refractivity contribution < 1.29 is 0 Å². The third-order valence-corrected chi connectivity index (χ3v) is 3.73. The molecule has 0 aliphatic carbocycles. The third kappa shape index (κ3) is 2.24. The second-order valence-corrected chi connectivity index (χ2v) is 5.00. The summed E-state index contributed by atoms with van der Waals surface area (Å²) in [4.78, 5) is 0. The lowest BCUT2D eigenvalue weighted by atomic mass is 10.00. The molecular weight excluding hydrogens is 224 g/mol. The molecule has 0 aliphatic rings. The third-order valence-electron chi connectivity index (χ3n) is 2.54. The van der Waals surface area contributed by atoms with Crippen LogP contribution >= 0.6 is 22.9 Å². The number of hydrogen-bond acceptors (Lipinski definition) is 1. The maximum absolute atomic E-state index is 6.46. The van der Waals surface area contributed by atoms with Gasteiger partial charge in [-0.25, -0.2) is 0 Å². The van der Waals surface area contributed by atoms with Crippen molar-refractivity contribution in [1.82, 2.24) is 0 Å². The zero-order valence-electron chi connectivity index (χ0n) is 8.83. The first-order valence-corrected chi connectivity index (χ1v) is 6.29. The van der Waals surface area contributed by atoms with Gasteiger partial charge in [0.05, 0.1) is 5.38 Å². The standard InChI is InChI=1S/C13H13ClS/c1-9-3-4-10(2)12(7-9)13(14)11-5-6-15-8-11/h3-8,13H,1-2H3. The van der Waals surface area contributed by atoms with Gasteiger partial charge in [-0.3, -0.25) is 0 Å². The Hall–Kier alpha value is -0.790. The molecule has 1 atom stereocenters. The lowest BCUT2D eigenvalue weighted by Crippen LogP contribution is -1.95. The number of hydrogen-bond donors (Lipinski definition) is 0. The largest absolute Gasteiger partial charge is 0.152 e. The summed E-state index contributed by atoms with van der Waals surface area (Å²) in [6, 6.07) is 8.51. The van der Waals surface area contributed by atoms with Crippen molar-refractivity contribution >= 4 is 22.9 Å². The van der Waals surface area contributed by atoms with E-state index in [2.05, 4.69) is 48.9 Å². The van der Waals surface area contributed by atoms with E-state index in [-0.39, 0.29) is 5.38 Å². The smallest absolute Gasteiger partial charge is 0.0846 e. The maximum atomic E-state index is 6.46. The Morgan fingerprint density at radius 2 is 2.00 bits per heavy atom. The fourth-order valence-electron chi connectivity index (χ4n) is 1.63. The zero-order valence-corrected chi connectivity index (χ0v) is 10.4. The van der Waals surface area contributed by atoms with E-state index in [4.69, 9.17) is 11.6 Å². The van der Waals surface area contributed by atoms with Crippen molar-refractivity contribution in [2.24, 2.45) is 0 Å². The van der Waals surface area contributed by atoms with Gasteiger partial charge in [0.25, 0.3) is 0 Å². The van der Waals surface area contributed by atoms with Crippen LogP contribution in [0.4, 0.5) is 0 Å². The van der Waals surface area contributed by atoms with Crippen LogP contribution < -0.4 is 0 Å². The van der Waals surface area contributed by atoms with Gasteiger partial charge in [0.15, 0.2) is 0 Å². The molecule has 0 spiro atoms. The van der Waals surface area contributed by atoms with Crippen LogP contribution in [0.5, 0.6) is 0 Å². The van der Waals surface area contributed by atoms with Gasteiger partial charge in [0.1, 0.15) is 0 Å². The average Bonchev–Trinajstić information content (AvgIpc) is 2.74. The molecule has 0 amide bonds. The van der Waals surface area contributed by atoms with Crippen molar-refractivity contribution in [3.63, 3.8) is 0 Å². The Labute approximate surface area is 99.5 Å². The van der Waals surface area contributed by atoms with Gasteiger partial charge < -0.3 is 0 Å². The van der Waals surface area contributed by atoms with Crippen molar-refractivity contribution in [3.05, 3.63) is 57.3 Å². The fraction of sp³-hybridized carbons (Fsp3) is 0.231. The fourth-order valence-corrected chi connectivity index (χ4v) is 2.76. The van der Waals surface area contributed by atoms with Crippen LogP contribution in [0.1, 0.15) is 27.6 Å². The average molecular weight is 237 g/mol. The lowest BCUT2D eigenvalue weighted by Gasteiger charge is -2.12. The quantitative estimate of drug-likeness (QED) is 0.664. The van der Waals surface area contributed by atoms with Crippen LogP contribution in [0.25, 0.3) is 0 Å². The number of rotatable bonds is 2. The number of halogens is 1. The lowest BCUT2D eigenvalue weighted by molar-refractivity contribution is 1.11. The van der Waals surface area contributed by atoms with Crippen molar-refractivity contribution in [3.8, 4) is 0 Å². The van der Waals surface area contributed by atoms with Crippen LogP contribution in [0.3, 0.4) is 0 Å². The second-order valence-electron chi connectivity index (χ2n) is 3.78. The first kappa shape index (κ1) is 10.7. The van der Waals surface area contributed by atoms with Crippen LogP contribution in [-0.2, 0) is 0 Å². The molecule has 0 bridgehead atoms. The minimum Gasteiger partial charge on any atom is -0.152 e. The summed E-state index contributed by atoms with van der Waals surface area (Å²) < 4.78 is 0. The Balaban J connectivity index is 2.41. The molecule has 0 radical (unpaired) electrons. The molecule has 1 unspecified atom stereocenters. The van der Waals surface area contributed by atoms with E-state index < -0.39 is 0 Å². The Morgan fingerprint density at radius 3 is 2.67 bits per heavy atom. The molecule has 1 aromatic heterocycles. The van der Waals surface area contributed by atoms with Gasteiger partial charge in [-0.1, -0.05) is 23.8 Å². The predicted molar refractivity (Wildman–Crippen MR) is 67.9 cm³/mol. The highest BCUT2D eigenvalue weighted by molar-refractivity contribution is 7.08. The molecule has 0 aliphatic heterocycles. The molecule has 78 valence electrons. The van der Waals surface area contributed by atoms with Crippen LogP contribution in [-0.4, -0.2) is 0 Å². The number of aryl methyl sites for hydroxylation is 2. The molecule has 0 N–H and O–H groups in total. The van der Waals surface area contributed by atoms with Gasteiger partial charge in [0.2, 0.25) is 0 Å². The highest BCUT2D eigenvalue weighted by Gasteiger charge is 2.13. The number of thiophene rings is 1. The molecule has 0 saturated heterocycles. The SMILES string of the molecule is Cc1ccc(C)c(C(Cl)c2ccsc2)c1. The Morgan fingerprint density at radius 1 is 1.20 bits per heavy atom. The van der Waals surface area contributed by atoms with Gasteiger partial charge >= 0.3 is 0 Å². The van der Waals surface area contributed by atoms with E-state index in [0.29, 0.717) is 0 Å². The van der Waals surface area contributed by atoms with Crippen LogP contribution in [0.2, 0.25) is 0 Å². The monoisotopic (exact) mass is 236 g/mol. The van der Waals surface area contributed by atoms with Gasteiger partial charge in [0, 0.05) is 0 Å². The van der Waals surface area contributed by atoms with Crippen molar-refractivity contribution in [1.29, 1.82) is 0 Å². The summed E-state index contributed by atoms with van der Waals surface area (Å²) in [5.41, 5.74) is 4.92. The van der Waals surface area contributed by atoms with E-state index >= 15 is 0 Å². The molecule has 2 heteroatoms. The van der Waals surface area contributed by atoms with Crippen molar-refractivity contribution in [2.45, 2.75) is 19.2 Å². The molecule has 2 rings (SSSR count). The zero-order chi connectivity index (χ0) is 10.8. The van der Waals surface area contributed by atoms with E-state index in [9.17, 15) is 0 Å². The molecule has 1 heterocycles. The van der Waals surface area contributed by atoms with E-state index in [1.165, 1.54) is 22.3 Å². The van der Waals surface area contributed by atoms with Crippen molar-refractivity contribution in [2.75, 3.05) is 0 Å². The van der Waals surface area contributed by atoms with E-state index in [1.54, 1.807) is 11.3 Å². The molecule has 15 heavy (non-hydrogen) atoms. The summed E-state index contributed by atoms with van der Waals surface area (Å²) >= 11 is 8.15. The van der Waals surface area contributed by atoms with E-state index in [1.807, 2.05) is 0 Å². The molecule has 0 saturated carbocycles. The van der Waals surface area contributed by atoms with Crippen LogP contribution in [0.15, 0.2) is 35.0 Å². The number of benzene rings is 1. The summed E-state index contributed by atoms with van der Waals surface area (Å²) in [5, 5.41) is 4.16. The van der Waals surface area contributed by atoms with Crippen LogP contribution in [0, 0.1) is 13.8 Å². The minimum absolute atomic E-state index is 0.0175.